The van der Waals surface area contributed by atoms with E-state index in [0.717, 1.165) is 38.8 Å². The molecule has 0 unspecified atom stereocenters. The monoisotopic (exact) mass is 434 g/mol. The second-order valence-electron chi connectivity index (χ2n) is 8.59. The molecule has 9 heteroatoms. The van der Waals surface area contributed by atoms with Crippen molar-refractivity contribution in [3.63, 3.8) is 0 Å². The molecule has 2 amide bonds. The van der Waals surface area contributed by atoms with Crippen LogP contribution in [-0.4, -0.2) is 86.7 Å². The number of piperidine rings is 1. The number of likely N-dealkylation sites (N-methyl/N-ethyl adjacent to an activating group) is 1. The minimum Gasteiger partial charge on any atom is -0.354 e. The van der Waals surface area contributed by atoms with Crippen LogP contribution in [0.4, 0.5) is 5.69 Å². The molecule has 1 aromatic rings. The number of sulfonamides is 1. The van der Waals surface area contributed by atoms with Crippen LogP contribution in [0.25, 0.3) is 0 Å². The Morgan fingerprint density at radius 2 is 1.77 bits per heavy atom. The standard InChI is InChI=1S/C21H30N4O4S/c1-22(2)20(26)15-24-14-16-10-11-18(21(27)23-12-6-3-7-13-23)25(16)17-8-4-5-9-19(17)30(24,28)29/h4-5,8-9,16,18H,3,6-7,10-15H2,1-2H3/t16-,18+/m0/s1. The van der Waals surface area contributed by atoms with Crippen LogP contribution < -0.4 is 4.90 Å². The molecule has 0 bridgehead atoms. The minimum atomic E-state index is -3.84. The van der Waals surface area contributed by atoms with Crippen molar-refractivity contribution in [1.29, 1.82) is 0 Å². The molecule has 3 heterocycles. The van der Waals surface area contributed by atoms with Gasteiger partial charge in [0.25, 0.3) is 0 Å². The third kappa shape index (κ3) is 3.69. The minimum absolute atomic E-state index is 0.0993. The van der Waals surface area contributed by atoms with Crippen LogP contribution in [0.15, 0.2) is 29.2 Å². The van der Waals surface area contributed by atoms with Gasteiger partial charge in [0, 0.05) is 39.8 Å². The Balaban J connectivity index is 1.71. The summed E-state index contributed by atoms with van der Waals surface area (Å²) in [5.41, 5.74) is 0.579. The van der Waals surface area contributed by atoms with Crippen molar-refractivity contribution in [2.24, 2.45) is 0 Å². The van der Waals surface area contributed by atoms with Gasteiger partial charge in [-0.25, -0.2) is 8.42 Å². The fraction of sp³-hybridized carbons (Fsp3) is 0.619. The number of carbonyl (C=O) groups excluding carboxylic acids is 2. The maximum Gasteiger partial charge on any atom is 0.245 e. The van der Waals surface area contributed by atoms with Crippen molar-refractivity contribution in [2.45, 2.75) is 49.1 Å². The quantitative estimate of drug-likeness (QED) is 0.712. The first-order valence-corrected chi connectivity index (χ1v) is 12.1. The van der Waals surface area contributed by atoms with Gasteiger partial charge in [-0.2, -0.15) is 4.31 Å². The van der Waals surface area contributed by atoms with Gasteiger partial charge in [-0.1, -0.05) is 12.1 Å². The predicted molar refractivity (Wildman–Crippen MR) is 114 cm³/mol. The SMILES string of the molecule is CN(C)C(=O)CN1C[C@@H]2CC[C@H](C(=O)N3CCCCC3)N2c2ccccc2S1(=O)=O. The second-order valence-corrected chi connectivity index (χ2v) is 10.5. The first-order valence-electron chi connectivity index (χ1n) is 10.7. The lowest BCUT2D eigenvalue weighted by molar-refractivity contribution is -0.133. The van der Waals surface area contributed by atoms with Crippen LogP contribution >= 0.6 is 0 Å². The molecular formula is C21H30N4O4S. The van der Waals surface area contributed by atoms with E-state index in [1.54, 1.807) is 32.3 Å². The lowest BCUT2D eigenvalue weighted by atomic mass is 10.1. The highest BCUT2D eigenvalue weighted by Gasteiger charge is 2.46. The third-order valence-electron chi connectivity index (χ3n) is 6.44. The molecule has 0 N–H and O–H groups in total. The molecule has 3 aliphatic rings. The molecule has 164 valence electrons. The summed E-state index contributed by atoms with van der Waals surface area (Å²) in [5.74, 6) is -0.161. The number of likely N-dealkylation sites (tertiary alicyclic amines) is 1. The van der Waals surface area contributed by atoms with E-state index >= 15 is 0 Å². The van der Waals surface area contributed by atoms with E-state index in [2.05, 4.69) is 0 Å². The maximum atomic E-state index is 13.4. The lowest BCUT2D eigenvalue weighted by Crippen LogP contribution is -2.51. The molecule has 1 aromatic carbocycles. The van der Waals surface area contributed by atoms with Crippen molar-refractivity contribution >= 4 is 27.5 Å². The molecule has 0 aliphatic carbocycles. The fourth-order valence-corrected chi connectivity index (χ4v) is 6.41. The Hall–Kier alpha value is -2.13. The number of nitrogens with zero attached hydrogens (tertiary/aromatic N) is 4. The van der Waals surface area contributed by atoms with Crippen molar-refractivity contribution in [2.75, 3.05) is 45.2 Å². The van der Waals surface area contributed by atoms with Crippen LogP contribution in [0.3, 0.4) is 0 Å². The Labute approximate surface area is 178 Å². The summed E-state index contributed by atoms with van der Waals surface area (Å²) in [5, 5.41) is 0. The van der Waals surface area contributed by atoms with Gasteiger partial charge in [0.05, 0.1) is 12.2 Å². The smallest absolute Gasteiger partial charge is 0.245 e. The summed E-state index contributed by atoms with van der Waals surface area (Å²) in [4.78, 5) is 31.2. The molecule has 0 radical (unpaired) electrons. The maximum absolute atomic E-state index is 13.4. The van der Waals surface area contributed by atoms with Gasteiger partial charge < -0.3 is 14.7 Å². The normalized spacial score (nSPS) is 25.9. The Morgan fingerprint density at radius 1 is 1.07 bits per heavy atom. The molecule has 0 spiro atoms. The molecule has 0 saturated carbocycles. The molecule has 8 nitrogen and oxygen atoms in total. The largest absolute Gasteiger partial charge is 0.354 e. The van der Waals surface area contributed by atoms with E-state index in [1.165, 1.54) is 9.21 Å². The van der Waals surface area contributed by atoms with Gasteiger partial charge >= 0.3 is 0 Å². The molecule has 2 fully saturated rings. The van der Waals surface area contributed by atoms with Crippen LogP contribution in [0, 0.1) is 0 Å². The number of hydrogen-bond donors (Lipinski definition) is 0. The number of carbonyl (C=O) groups is 2. The molecule has 0 aromatic heterocycles. The van der Waals surface area contributed by atoms with Gasteiger partial charge in [-0.15, -0.1) is 0 Å². The zero-order valence-electron chi connectivity index (χ0n) is 17.7. The fourth-order valence-electron chi connectivity index (χ4n) is 4.80. The Morgan fingerprint density at radius 3 is 2.47 bits per heavy atom. The van der Waals surface area contributed by atoms with Crippen molar-refractivity contribution in [1.82, 2.24) is 14.1 Å². The van der Waals surface area contributed by atoms with E-state index in [0.29, 0.717) is 12.1 Å². The number of rotatable bonds is 3. The first-order chi connectivity index (χ1) is 14.3. The van der Waals surface area contributed by atoms with Crippen molar-refractivity contribution in [3.05, 3.63) is 24.3 Å². The number of anilines is 1. The zero-order chi connectivity index (χ0) is 21.5. The average Bonchev–Trinajstić information content (AvgIpc) is 3.13. The molecule has 4 rings (SSSR count). The van der Waals surface area contributed by atoms with Crippen LogP contribution in [0.1, 0.15) is 32.1 Å². The second kappa shape index (κ2) is 8.19. The number of hydrogen-bond acceptors (Lipinski definition) is 5. The van der Waals surface area contributed by atoms with E-state index in [4.69, 9.17) is 0 Å². The average molecular weight is 435 g/mol. The predicted octanol–water partition coefficient (Wildman–Crippen LogP) is 1.13. The van der Waals surface area contributed by atoms with E-state index in [-0.39, 0.29) is 41.9 Å². The Bertz CT molecular complexity index is 927. The van der Waals surface area contributed by atoms with E-state index in [1.807, 2.05) is 15.9 Å². The van der Waals surface area contributed by atoms with E-state index < -0.39 is 10.0 Å². The zero-order valence-corrected chi connectivity index (χ0v) is 18.5. The lowest BCUT2D eigenvalue weighted by Gasteiger charge is -2.35. The van der Waals surface area contributed by atoms with E-state index in [9.17, 15) is 18.0 Å². The topological polar surface area (TPSA) is 81.2 Å². The van der Waals surface area contributed by atoms with Crippen LogP contribution in [0.2, 0.25) is 0 Å². The molecular weight excluding hydrogens is 404 g/mol. The molecule has 2 saturated heterocycles. The van der Waals surface area contributed by atoms with Gasteiger partial charge in [0.1, 0.15) is 10.9 Å². The summed E-state index contributed by atoms with van der Waals surface area (Å²) in [6.45, 7) is 1.56. The first kappa shape index (κ1) is 21.1. The number of para-hydroxylation sites is 1. The summed E-state index contributed by atoms with van der Waals surface area (Å²) in [7, 11) is -0.603. The highest BCUT2D eigenvalue weighted by molar-refractivity contribution is 7.89. The number of fused-ring (bicyclic) bond motifs is 3. The summed E-state index contributed by atoms with van der Waals surface area (Å²) in [6.07, 6.45) is 4.61. The summed E-state index contributed by atoms with van der Waals surface area (Å²) < 4.78 is 28.1. The van der Waals surface area contributed by atoms with Crippen LogP contribution in [0.5, 0.6) is 0 Å². The number of amides is 2. The number of benzene rings is 1. The third-order valence-corrected chi connectivity index (χ3v) is 8.30. The van der Waals surface area contributed by atoms with Gasteiger partial charge in [-0.3, -0.25) is 9.59 Å². The molecule has 3 aliphatic heterocycles. The summed E-state index contributed by atoms with van der Waals surface area (Å²) in [6, 6.07) is 6.40. The van der Waals surface area contributed by atoms with Crippen molar-refractivity contribution in [3.8, 4) is 0 Å². The molecule has 2 atom stereocenters. The highest BCUT2D eigenvalue weighted by atomic mass is 32.2. The van der Waals surface area contributed by atoms with Gasteiger partial charge in [-0.05, 0) is 44.2 Å². The highest BCUT2D eigenvalue weighted by Crippen LogP contribution is 2.40. The summed E-state index contributed by atoms with van der Waals surface area (Å²) >= 11 is 0. The van der Waals surface area contributed by atoms with Gasteiger partial charge in [0.2, 0.25) is 21.8 Å². The van der Waals surface area contributed by atoms with Crippen molar-refractivity contribution < 1.29 is 18.0 Å². The Kier molecular flexibility index (Phi) is 5.76. The van der Waals surface area contributed by atoms with Gasteiger partial charge in [0.15, 0.2) is 0 Å². The molecule has 30 heavy (non-hydrogen) atoms. The van der Waals surface area contributed by atoms with Crippen LogP contribution in [-0.2, 0) is 19.6 Å².